The summed E-state index contributed by atoms with van der Waals surface area (Å²) in [6.07, 6.45) is 8.88. The molecule has 0 amide bonds. The fraction of sp³-hybridized carbons (Fsp3) is 0.688. The highest BCUT2D eigenvalue weighted by atomic mass is 35.5. The predicted molar refractivity (Wildman–Crippen MR) is 82.5 cm³/mol. The summed E-state index contributed by atoms with van der Waals surface area (Å²) < 4.78 is 4.86. The number of carbonyl (C=O) groups is 1. The first kappa shape index (κ1) is 18.2. The van der Waals surface area contributed by atoms with Gasteiger partial charge in [0.15, 0.2) is 0 Å². The average Bonchev–Trinajstić information content (AvgIpc) is 2.24. The Labute approximate surface area is 122 Å². The summed E-state index contributed by atoms with van der Waals surface area (Å²) in [5.74, 6) is 0.214. The zero-order chi connectivity index (χ0) is 14.9. The van der Waals surface area contributed by atoms with Crippen LogP contribution in [-0.2, 0) is 9.53 Å². The third kappa shape index (κ3) is 12.0. The van der Waals surface area contributed by atoms with Crippen molar-refractivity contribution in [3.63, 3.8) is 0 Å². The van der Waals surface area contributed by atoms with E-state index in [0.717, 1.165) is 24.8 Å². The van der Waals surface area contributed by atoms with Crippen molar-refractivity contribution in [2.24, 2.45) is 5.92 Å². The molecule has 1 unspecified atom stereocenters. The van der Waals surface area contributed by atoms with Crippen molar-refractivity contribution in [3.8, 4) is 0 Å². The highest BCUT2D eigenvalue weighted by Crippen LogP contribution is 2.22. The number of alkyl halides is 1. The summed E-state index contributed by atoms with van der Waals surface area (Å²) in [5, 5.41) is 0. The number of esters is 1. The Kier molecular flexibility index (Phi) is 8.82. The van der Waals surface area contributed by atoms with Gasteiger partial charge in [-0.3, -0.25) is 0 Å². The van der Waals surface area contributed by atoms with Crippen LogP contribution in [0.1, 0.15) is 53.9 Å². The molecular weight excluding hydrogens is 260 g/mol. The highest BCUT2D eigenvalue weighted by Gasteiger charge is 2.12. The van der Waals surface area contributed by atoms with E-state index < -0.39 is 0 Å². The van der Waals surface area contributed by atoms with Crippen LogP contribution in [0.25, 0.3) is 0 Å². The maximum atomic E-state index is 11.2. The van der Waals surface area contributed by atoms with Gasteiger partial charge in [-0.1, -0.05) is 25.5 Å². The summed E-state index contributed by atoms with van der Waals surface area (Å²) >= 11 is 6.15. The van der Waals surface area contributed by atoms with Crippen molar-refractivity contribution in [1.29, 1.82) is 0 Å². The molecule has 0 aliphatic rings. The molecule has 0 fully saturated rings. The van der Waals surface area contributed by atoms with Gasteiger partial charge in [0, 0.05) is 11.0 Å². The van der Waals surface area contributed by atoms with Gasteiger partial charge >= 0.3 is 5.97 Å². The molecule has 1 atom stereocenters. The summed E-state index contributed by atoms with van der Waals surface area (Å²) in [5.41, 5.74) is 0.919. The summed E-state index contributed by atoms with van der Waals surface area (Å²) in [4.78, 5) is 11.1. The molecule has 2 nitrogen and oxygen atoms in total. The fourth-order valence-corrected chi connectivity index (χ4v) is 1.81. The number of hydrogen-bond acceptors (Lipinski definition) is 2. The van der Waals surface area contributed by atoms with E-state index in [1.165, 1.54) is 6.08 Å². The van der Waals surface area contributed by atoms with E-state index in [0.29, 0.717) is 12.5 Å². The minimum absolute atomic E-state index is 0.108. The summed E-state index contributed by atoms with van der Waals surface area (Å²) in [7, 11) is 0. The smallest absolute Gasteiger partial charge is 0.330 e. The average molecular weight is 287 g/mol. The van der Waals surface area contributed by atoms with Crippen LogP contribution in [0, 0.1) is 5.92 Å². The Morgan fingerprint density at radius 3 is 2.58 bits per heavy atom. The van der Waals surface area contributed by atoms with Gasteiger partial charge in [0.05, 0.1) is 6.61 Å². The number of rotatable bonds is 8. The van der Waals surface area contributed by atoms with Crippen LogP contribution < -0.4 is 0 Å². The van der Waals surface area contributed by atoms with Crippen LogP contribution in [-0.4, -0.2) is 17.5 Å². The van der Waals surface area contributed by atoms with E-state index in [9.17, 15) is 4.79 Å². The van der Waals surface area contributed by atoms with E-state index in [1.807, 2.05) is 26.8 Å². The Hall–Kier alpha value is -0.760. The van der Waals surface area contributed by atoms with Crippen molar-refractivity contribution in [2.45, 2.75) is 58.8 Å². The van der Waals surface area contributed by atoms with Crippen LogP contribution in [0.5, 0.6) is 0 Å². The van der Waals surface area contributed by atoms with Crippen molar-refractivity contribution in [2.75, 3.05) is 6.61 Å². The minimum atomic E-state index is -0.277. The highest BCUT2D eigenvalue weighted by molar-refractivity contribution is 6.23. The van der Waals surface area contributed by atoms with Gasteiger partial charge in [-0.25, -0.2) is 4.79 Å². The lowest BCUT2D eigenvalue weighted by atomic mass is 9.98. The van der Waals surface area contributed by atoms with Crippen molar-refractivity contribution in [1.82, 2.24) is 0 Å². The second-order valence-electron chi connectivity index (χ2n) is 5.59. The van der Waals surface area contributed by atoms with Crippen LogP contribution in [0.4, 0.5) is 0 Å². The molecule has 110 valence electrons. The number of allylic oxidation sites excluding steroid dienone is 3. The zero-order valence-electron chi connectivity index (χ0n) is 12.8. The molecule has 0 saturated heterocycles. The second kappa shape index (κ2) is 9.19. The van der Waals surface area contributed by atoms with E-state index in [-0.39, 0.29) is 10.8 Å². The van der Waals surface area contributed by atoms with Crippen molar-refractivity contribution < 1.29 is 9.53 Å². The first-order valence-corrected chi connectivity index (χ1v) is 7.34. The molecule has 0 bridgehead atoms. The van der Waals surface area contributed by atoms with Crippen molar-refractivity contribution in [3.05, 3.63) is 23.8 Å². The molecule has 0 spiro atoms. The largest absolute Gasteiger partial charge is 0.463 e. The van der Waals surface area contributed by atoms with Gasteiger partial charge in [-0.2, -0.15) is 0 Å². The molecule has 0 aromatic rings. The Morgan fingerprint density at radius 1 is 1.42 bits per heavy atom. The molecule has 0 rings (SSSR count). The van der Waals surface area contributed by atoms with Crippen LogP contribution in [0.15, 0.2) is 23.8 Å². The van der Waals surface area contributed by atoms with Gasteiger partial charge in [0.1, 0.15) is 0 Å². The van der Waals surface area contributed by atoms with Gasteiger partial charge in [-0.05, 0) is 52.0 Å². The molecular formula is C16H27ClO2. The maximum absolute atomic E-state index is 11.2. The SMILES string of the molecule is CCOC(=O)/C=C(C)/C=C/C(C)CCCC(C)(C)Cl. The first-order valence-electron chi connectivity index (χ1n) is 6.96. The minimum Gasteiger partial charge on any atom is -0.463 e. The topological polar surface area (TPSA) is 26.3 Å². The monoisotopic (exact) mass is 286 g/mol. The molecule has 0 saturated carbocycles. The van der Waals surface area contributed by atoms with E-state index in [2.05, 4.69) is 13.0 Å². The summed E-state index contributed by atoms with van der Waals surface area (Å²) in [6.45, 7) is 10.4. The van der Waals surface area contributed by atoms with E-state index in [4.69, 9.17) is 16.3 Å². The Bertz CT molecular complexity index is 324. The fourth-order valence-electron chi connectivity index (χ4n) is 1.67. The Morgan fingerprint density at radius 2 is 2.05 bits per heavy atom. The number of carbonyl (C=O) groups excluding carboxylic acids is 1. The quantitative estimate of drug-likeness (QED) is 0.275. The molecule has 0 aromatic heterocycles. The van der Waals surface area contributed by atoms with E-state index in [1.54, 1.807) is 6.92 Å². The van der Waals surface area contributed by atoms with Crippen molar-refractivity contribution >= 4 is 17.6 Å². The van der Waals surface area contributed by atoms with Crippen LogP contribution in [0.3, 0.4) is 0 Å². The molecule has 0 radical (unpaired) electrons. The lowest BCUT2D eigenvalue weighted by molar-refractivity contribution is -0.137. The van der Waals surface area contributed by atoms with Crippen LogP contribution in [0.2, 0.25) is 0 Å². The lowest BCUT2D eigenvalue weighted by Crippen LogP contribution is -2.09. The third-order valence-corrected chi connectivity index (χ3v) is 2.94. The molecule has 3 heteroatoms. The maximum Gasteiger partial charge on any atom is 0.330 e. The number of ether oxygens (including phenoxy) is 1. The van der Waals surface area contributed by atoms with Gasteiger partial charge in [0.25, 0.3) is 0 Å². The molecule has 19 heavy (non-hydrogen) atoms. The number of halogens is 1. The molecule has 0 N–H and O–H groups in total. The zero-order valence-corrected chi connectivity index (χ0v) is 13.6. The van der Waals surface area contributed by atoms with E-state index >= 15 is 0 Å². The third-order valence-electron chi connectivity index (χ3n) is 2.75. The normalized spacial score (nSPS) is 14.7. The Balaban J connectivity index is 4.07. The second-order valence-corrected chi connectivity index (χ2v) is 6.61. The van der Waals surface area contributed by atoms with Crippen LogP contribution >= 0.6 is 11.6 Å². The standard InChI is InChI=1S/C16H27ClO2/c1-6-19-15(18)12-14(3)10-9-13(2)8-7-11-16(4,5)17/h9-10,12-13H,6-8,11H2,1-5H3/b10-9+,14-12+. The molecule has 0 heterocycles. The predicted octanol–water partition coefficient (Wildman–Crippen LogP) is 4.88. The van der Waals surface area contributed by atoms with Gasteiger partial charge < -0.3 is 4.74 Å². The molecule has 0 aromatic carbocycles. The van der Waals surface area contributed by atoms with Gasteiger partial charge in [0.2, 0.25) is 0 Å². The lowest BCUT2D eigenvalue weighted by Gasteiger charge is -2.15. The van der Waals surface area contributed by atoms with Gasteiger partial charge in [-0.15, -0.1) is 11.6 Å². The summed E-state index contributed by atoms with van der Waals surface area (Å²) in [6, 6.07) is 0. The first-order chi connectivity index (χ1) is 8.74. The number of hydrogen-bond donors (Lipinski definition) is 0. The molecule has 0 aliphatic heterocycles. The molecule has 0 aliphatic carbocycles.